The van der Waals surface area contributed by atoms with Gasteiger partial charge in [-0.25, -0.2) is 9.78 Å². The van der Waals surface area contributed by atoms with E-state index < -0.39 is 6.09 Å². The Balaban J connectivity index is 1.50. The fraction of sp³-hybridized carbons (Fsp3) is 0.111. The number of para-hydroxylation sites is 1. The van der Waals surface area contributed by atoms with Gasteiger partial charge in [-0.1, -0.05) is 48.2 Å². The summed E-state index contributed by atoms with van der Waals surface area (Å²) in [6, 6.07) is 15.3. The first-order valence-electron chi connectivity index (χ1n) is 7.18. The highest BCUT2D eigenvalue weighted by atomic mass is 16.5. The third-order valence-corrected chi connectivity index (χ3v) is 3.21. The average molecular weight is 305 g/mol. The lowest BCUT2D eigenvalue weighted by molar-refractivity contribution is 0.141. The van der Waals surface area contributed by atoms with Crippen molar-refractivity contribution in [3.63, 3.8) is 0 Å². The number of ether oxygens (including phenoxy) is 1. The molecule has 3 rings (SSSR count). The van der Waals surface area contributed by atoms with E-state index in [1.54, 1.807) is 6.33 Å². The predicted molar refractivity (Wildman–Crippen MR) is 87.6 cm³/mol. The number of amides is 1. The van der Waals surface area contributed by atoms with Gasteiger partial charge in [0.15, 0.2) is 0 Å². The van der Waals surface area contributed by atoms with E-state index in [0.29, 0.717) is 0 Å². The SMILES string of the molecule is O=C(NCC#Cc1cccc2[nH]cnc12)OCc1ccccc1. The van der Waals surface area contributed by atoms with Crippen LogP contribution >= 0.6 is 0 Å². The lowest BCUT2D eigenvalue weighted by Crippen LogP contribution is -2.24. The Morgan fingerprint density at radius 1 is 1.17 bits per heavy atom. The van der Waals surface area contributed by atoms with Gasteiger partial charge in [-0.05, 0) is 17.7 Å². The number of benzene rings is 2. The molecule has 0 unspecified atom stereocenters. The maximum absolute atomic E-state index is 11.6. The number of aromatic amines is 1. The molecular weight excluding hydrogens is 290 g/mol. The third-order valence-electron chi connectivity index (χ3n) is 3.21. The summed E-state index contributed by atoms with van der Waals surface area (Å²) in [5.74, 6) is 5.90. The largest absolute Gasteiger partial charge is 0.445 e. The molecule has 0 aliphatic heterocycles. The van der Waals surface area contributed by atoms with Gasteiger partial charge in [0.25, 0.3) is 0 Å². The van der Waals surface area contributed by atoms with Crippen molar-refractivity contribution in [1.29, 1.82) is 0 Å². The molecule has 2 aromatic carbocycles. The highest BCUT2D eigenvalue weighted by molar-refractivity contribution is 5.81. The number of hydrogen-bond donors (Lipinski definition) is 2. The molecule has 0 saturated carbocycles. The maximum Gasteiger partial charge on any atom is 0.408 e. The Morgan fingerprint density at radius 3 is 2.91 bits per heavy atom. The lowest BCUT2D eigenvalue weighted by Gasteiger charge is -2.04. The summed E-state index contributed by atoms with van der Waals surface area (Å²) in [6.07, 6.45) is 1.15. The van der Waals surface area contributed by atoms with Crippen LogP contribution in [0.2, 0.25) is 0 Å². The Hall–Kier alpha value is -3.26. The van der Waals surface area contributed by atoms with E-state index in [2.05, 4.69) is 27.1 Å². The van der Waals surface area contributed by atoms with Crippen LogP contribution in [0.4, 0.5) is 4.79 Å². The molecule has 0 bridgehead atoms. The standard InChI is InChI=1S/C18H15N3O2/c22-18(23-12-14-6-2-1-3-7-14)19-11-5-9-15-8-4-10-16-17(15)21-13-20-16/h1-4,6-8,10,13H,11-12H2,(H,19,22)(H,20,21). The Morgan fingerprint density at radius 2 is 2.04 bits per heavy atom. The number of rotatable bonds is 3. The fourth-order valence-corrected chi connectivity index (χ4v) is 2.10. The highest BCUT2D eigenvalue weighted by Gasteiger charge is 2.01. The Labute approximate surface area is 133 Å². The number of alkyl carbamates (subject to hydrolysis) is 1. The molecule has 5 nitrogen and oxygen atoms in total. The van der Waals surface area contributed by atoms with E-state index in [9.17, 15) is 4.79 Å². The number of H-pyrrole nitrogens is 1. The quantitative estimate of drug-likeness (QED) is 0.731. The minimum atomic E-state index is -0.485. The van der Waals surface area contributed by atoms with Gasteiger partial charge in [0.2, 0.25) is 0 Å². The number of nitrogens with zero attached hydrogens (tertiary/aromatic N) is 1. The van der Waals surface area contributed by atoms with Gasteiger partial charge in [-0.15, -0.1) is 0 Å². The monoisotopic (exact) mass is 305 g/mol. The highest BCUT2D eigenvalue weighted by Crippen LogP contribution is 2.12. The molecule has 1 heterocycles. The lowest BCUT2D eigenvalue weighted by atomic mass is 10.2. The predicted octanol–water partition coefficient (Wildman–Crippen LogP) is 2.84. The van der Waals surface area contributed by atoms with E-state index in [0.717, 1.165) is 22.2 Å². The number of carbonyl (C=O) groups excluding carboxylic acids is 1. The molecule has 0 radical (unpaired) electrons. The number of nitrogens with one attached hydrogen (secondary N) is 2. The van der Waals surface area contributed by atoms with Crippen LogP contribution < -0.4 is 5.32 Å². The molecule has 0 spiro atoms. The normalized spacial score (nSPS) is 9.91. The van der Waals surface area contributed by atoms with E-state index >= 15 is 0 Å². The van der Waals surface area contributed by atoms with Crippen LogP contribution in [0, 0.1) is 11.8 Å². The molecule has 0 aliphatic carbocycles. The first-order valence-corrected chi connectivity index (χ1v) is 7.18. The second-order valence-corrected chi connectivity index (χ2v) is 4.82. The molecule has 1 aromatic heterocycles. The molecule has 23 heavy (non-hydrogen) atoms. The van der Waals surface area contributed by atoms with Crippen molar-refractivity contribution in [3.8, 4) is 11.8 Å². The van der Waals surface area contributed by atoms with Crippen LogP contribution in [0.3, 0.4) is 0 Å². The van der Waals surface area contributed by atoms with Gasteiger partial charge in [-0.2, -0.15) is 0 Å². The fourth-order valence-electron chi connectivity index (χ4n) is 2.10. The van der Waals surface area contributed by atoms with E-state index in [1.165, 1.54) is 0 Å². The van der Waals surface area contributed by atoms with Crippen LogP contribution in [0.1, 0.15) is 11.1 Å². The molecule has 0 aliphatic rings. The second-order valence-electron chi connectivity index (χ2n) is 4.82. The van der Waals surface area contributed by atoms with E-state index in [4.69, 9.17) is 4.74 Å². The van der Waals surface area contributed by atoms with Crippen molar-refractivity contribution in [2.75, 3.05) is 6.54 Å². The smallest absolute Gasteiger partial charge is 0.408 e. The number of fused-ring (bicyclic) bond motifs is 1. The average Bonchev–Trinajstić information content (AvgIpc) is 3.07. The molecule has 3 aromatic rings. The molecular formula is C18H15N3O2. The van der Waals surface area contributed by atoms with E-state index in [-0.39, 0.29) is 13.2 Å². The van der Waals surface area contributed by atoms with Crippen LogP contribution in [0.15, 0.2) is 54.9 Å². The van der Waals surface area contributed by atoms with Crippen molar-refractivity contribution in [1.82, 2.24) is 15.3 Å². The molecule has 0 fully saturated rings. The van der Waals surface area contributed by atoms with E-state index in [1.807, 2.05) is 48.5 Å². The van der Waals surface area contributed by atoms with Crippen molar-refractivity contribution in [2.24, 2.45) is 0 Å². The molecule has 5 heteroatoms. The van der Waals surface area contributed by atoms with Gasteiger partial charge >= 0.3 is 6.09 Å². The number of carbonyl (C=O) groups is 1. The topological polar surface area (TPSA) is 67.0 Å². The first kappa shape index (κ1) is 14.7. The number of aromatic nitrogens is 2. The summed E-state index contributed by atoms with van der Waals surface area (Å²) in [6.45, 7) is 0.459. The number of hydrogen-bond acceptors (Lipinski definition) is 3. The molecule has 1 amide bonds. The summed E-state index contributed by atoms with van der Waals surface area (Å²) in [7, 11) is 0. The van der Waals surface area contributed by atoms with Crippen molar-refractivity contribution < 1.29 is 9.53 Å². The molecule has 114 valence electrons. The summed E-state index contributed by atoms with van der Waals surface area (Å²) in [4.78, 5) is 18.8. The van der Waals surface area contributed by atoms with Gasteiger partial charge in [0, 0.05) is 0 Å². The Bertz CT molecular complexity index is 860. The van der Waals surface area contributed by atoms with Crippen LogP contribution in [0.5, 0.6) is 0 Å². The minimum absolute atomic E-state index is 0.217. The zero-order valence-electron chi connectivity index (χ0n) is 12.4. The van der Waals surface area contributed by atoms with Crippen LogP contribution in [-0.4, -0.2) is 22.6 Å². The number of imidazole rings is 1. The maximum atomic E-state index is 11.6. The van der Waals surface area contributed by atoms with Gasteiger partial charge < -0.3 is 15.0 Å². The first-order chi connectivity index (χ1) is 11.3. The second kappa shape index (κ2) is 7.14. The zero-order chi connectivity index (χ0) is 15.9. The van der Waals surface area contributed by atoms with Crippen molar-refractivity contribution in [3.05, 3.63) is 66.0 Å². The summed E-state index contributed by atoms with van der Waals surface area (Å²) in [5.41, 5.74) is 3.53. The van der Waals surface area contributed by atoms with Crippen molar-refractivity contribution in [2.45, 2.75) is 6.61 Å². The minimum Gasteiger partial charge on any atom is -0.445 e. The zero-order valence-corrected chi connectivity index (χ0v) is 12.4. The summed E-state index contributed by atoms with van der Waals surface area (Å²) in [5, 5.41) is 2.60. The van der Waals surface area contributed by atoms with Gasteiger partial charge in [0.1, 0.15) is 12.1 Å². The van der Waals surface area contributed by atoms with Gasteiger partial charge in [-0.3, -0.25) is 0 Å². The molecule has 2 N–H and O–H groups in total. The Kier molecular flexibility index (Phi) is 4.55. The summed E-state index contributed by atoms with van der Waals surface area (Å²) >= 11 is 0. The summed E-state index contributed by atoms with van der Waals surface area (Å²) < 4.78 is 5.10. The van der Waals surface area contributed by atoms with Crippen molar-refractivity contribution >= 4 is 17.1 Å². The molecule has 0 saturated heterocycles. The third kappa shape index (κ3) is 3.89. The van der Waals surface area contributed by atoms with Crippen LogP contribution in [-0.2, 0) is 11.3 Å². The van der Waals surface area contributed by atoms with Gasteiger partial charge in [0.05, 0.1) is 24.0 Å². The molecule has 0 atom stereocenters. The van der Waals surface area contributed by atoms with Crippen LogP contribution in [0.25, 0.3) is 11.0 Å².